The molecular weight excluding hydrogens is 236 g/mol. The lowest BCUT2D eigenvalue weighted by atomic mass is 10.2. The molecular formula is C17H22O2. The van der Waals surface area contributed by atoms with E-state index in [1.165, 1.54) is 0 Å². The fourth-order valence-electron chi connectivity index (χ4n) is 1.21. The van der Waals surface area contributed by atoms with Gasteiger partial charge in [-0.05, 0) is 25.8 Å². The van der Waals surface area contributed by atoms with Gasteiger partial charge in [0.2, 0.25) is 0 Å². The third kappa shape index (κ3) is 10.8. The van der Waals surface area contributed by atoms with Gasteiger partial charge >= 0.3 is 5.97 Å². The second kappa shape index (κ2) is 12.4. The molecule has 0 atom stereocenters. The molecule has 0 rings (SSSR count). The predicted molar refractivity (Wildman–Crippen MR) is 82.0 cm³/mol. The Balaban J connectivity index is 4.12. The van der Waals surface area contributed by atoms with Crippen LogP contribution < -0.4 is 0 Å². The molecule has 0 fully saturated rings. The first-order valence-corrected chi connectivity index (χ1v) is 6.43. The van der Waals surface area contributed by atoms with Gasteiger partial charge in [0.05, 0.1) is 5.57 Å². The van der Waals surface area contributed by atoms with E-state index < -0.39 is 5.97 Å². The highest BCUT2D eigenvalue weighted by Gasteiger charge is 1.98. The van der Waals surface area contributed by atoms with Crippen molar-refractivity contribution in [2.75, 3.05) is 0 Å². The molecule has 1 N–H and O–H groups in total. The predicted octanol–water partition coefficient (Wildman–Crippen LogP) is 4.60. The van der Waals surface area contributed by atoms with Crippen LogP contribution in [0.3, 0.4) is 0 Å². The molecule has 0 aromatic rings. The summed E-state index contributed by atoms with van der Waals surface area (Å²) in [6, 6.07) is 0. The van der Waals surface area contributed by atoms with Crippen molar-refractivity contribution >= 4 is 5.97 Å². The maximum atomic E-state index is 10.8. The van der Waals surface area contributed by atoms with Crippen LogP contribution in [-0.2, 0) is 4.79 Å². The smallest absolute Gasteiger partial charge is 0.335 e. The van der Waals surface area contributed by atoms with Crippen LogP contribution >= 0.6 is 0 Å². The van der Waals surface area contributed by atoms with E-state index in [0.29, 0.717) is 0 Å². The molecule has 0 spiro atoms. The topological polar surface area (TPSA) is 37.3 Å². The minimum absolute atomic E-state index is 0.285. The van der Waals surface area contributed by atoms with E-state index in [4.69, 9.17) is 5.11 Å². The molecule has 2 nitrogen and oxygen atoms in total. The molecule has 19 heavy (non-hydrogen) atoms. The zero-order chi connectivity index (χ0) is 14.3. The number of hydrogen-bond acceptors (Lipinski definition) is 1. The average Bonchev–Trinajstić information content (AvgIpc) is 2.39. The van der Waals surface area contributed by atoms with E-state index in [-0.39, 0.29) is 5.57 Å². The summed E-state index contributed by atoms with van der Waals surface area (Å²) in [4.78, 5) is 10.8. The van der Waals surface area contributed by atoms with E-state index in [1.54, 1.807) is 31.2 Å². The van der Waals surface area contributed by atoms with E-state index >= 15 is 0 Å². The van der Waals surface area contributed by atoms with E-state index in [1.807, 2.05) is 36.5 Å². The second-order valence-corrected chi connectivity index (χ2v) is 3.74. The molecule has 0 radical (unpaired) electrons. The molecule has 102 valence electrons. The normalized spacial score (nSPS) is 13.9. The second-order valence-electron chi connectivity index (χ2n) is 3.74. The highest BCUT2D eigenvalue weighted by molar-refractivity contribution is 5.90. The van der Waals surface area contributed by atoms with Gasteiger partial charge in [0.15, 0.2) is 0 Å². The van der Waals surface area contributed by atoms with Crippen LogP contribution in [0.5, 0.6) is 0 Å². The first kappa shape index (κ1) is 16.9. The maximum absolute atomic E-state index is 10.8. The van der Waals surface area contributed by atoms with Crippen LogP contribution in [0.25, 0.3) is 0 Å². The Hall–Kier alpha value is -2.09. The third-order valence-corrected chi connectivity index (χ3v) is 2.12. The van der Waals surface area contributed by atoms with Gasteiger partial charge < -0.3 is 5.11 Å². The van der Waals surface area contributed by atoms with Crippen LogP contribution in [-0.4, -0.2) is 11.1 Å². The van der Waals surface area contributed by atoms with Gasteiger partial charge in [-0.3, -0.25) is 0 Å². The summed E-state index contributed by atoms with van der Waals surface area (Å²) in [5, 5.41) is 8.86. The van der Waals surface area contributed by atoms with Gasteiger partial charge in [-0.15, -0.1) is 0 Å². The molecule has 0 unspecified atom stereocenters. The van der Waals surface area contributed by atoms with E-state index in [0.717, 1.165) is 12.8 Å². The minimum Gasteiger partial charge on any atom is -0.478 e. The fourth-order valence-corrected chi connectivity index (χ4v) is 1.21. The number of hydrogen-bond donors (Lipinski definition) is 1. The first-order valence-electron chi connectivity index (χ1n) is 6.43. The summed E-state index contributed by atoms with van der Waals surface area (Å²) in [6.45, 7) is 3.89. The van der Waals surface area contributed by atoms with E-state index in [2.05, 4.69) is 13.0 Å². The van der Waals surface area contributed by atoms with Crippen molar-refractivity contribution in [2.24, 2.45) is 0 Å². The van der Waals surface area contributed by atoms with Gasteiger partial charge in [0.25, 0.3) is 0 Å². The average molecular weight is 258 g/mol. The Labute approximate surface area is 115 Å². The van der Waals surface area contributed by atoms with Gasteiger partial charge in [0.1, 0.15) is 0 Å². The SMILES string of the molecule is CC=CC(=CC=CCC=CC=CC=CCC)C(=O)O. The highest BCUT2D eigenvalue weighted by atomic mass is 16.4. The molecule has 0 heterocycles. The number of aliphatic carboxylic acids is 1. The summed E-state index contributed by atoms with van der Waals surface area (Å²) in [5.41, 5.74) is 0.285. The van der Waals surface area contributed by atoms with Crippen LogP contribution in [0.1, 0.15) is 26.7 Å². The Morgan fingerprint density at radius 2 is 1.63 bits per heavy atom. The molecule has 0 aromatic heterocycles. The number of allylic oxidation sites excluding steroid dienone is 10. The largest absolute Gasteiger partial charge is 0.478 e. The van der Waals surface area contributed by atoms with Crippen LogP contribution in [0, 0.1) is 0 Å². The lowest BCUT2D eigenvalue weighted by molar-refractivity contribution is -0.132. The van der Waals surface area contributed by atoms with E-state index in [9.17, 15) is 4.79 Å². The van der Waals surface area contributed by atoms with Crippen molar-refractivity contribution in [1.82, 2.24) is 0 Å². The Kier molecular flexibility index (Phi) is 11.0. The Morgan fingerprint density at radius 1 is 1.00 bits per heavy atom. The lowest BCUT2D eigenvalue weighted by Crippen LogP contribution is -1.96. The van der Waals surface area contributed by atoms with Crippen molar-refractivity contribution in [3.8, 4) is 0 Å². The van der Waals surface area contributed by atoms with Crippen molar-refractivity contribution < 1.29 is 9.90 Å². The molecule has 0 amide bonds. The van der Waals surface area contributed by atoms with Gasteiger partial charge in [-0.1, -0.05) is 67.7 Å². The molecule has 0 bridgehead atoms. The summed E-state index contributed by atoms with van der Waals surface area (Å²) < 4.78 is 0. The molecule has 0 aliphatic carbocycles. The zero-order valence-electron chi connectivity index (χ0n) is 11.6. The van der Waals surface area contributed by atoms with Crippen molar-refractivity contribution in [2.45, 2.75) is 26.7 Å². The number of carboxylic acids is 1. The standard InChI is InChI=1S/C17H22O2/c1-3-5-6-7-8-9-10-11-12-13-15-16(14-4-2)17(18)19/h4-10,12-15H,3,11H2,1-2H3,(H,18,19). The lowest BCUT2D eigenvalue weighted by Gasteiger charge is -1.90. The maximum Gasteiger partial charge on any atom is 0.335 e. The Morgan fingerprint density at radius 3 is 2.21 bits per heavy atom. The molecule has 0 aliphatic rings. The minimum atomic E-state index is -0.913. The van der Waals surface area contributed by atoms with Gasteiger partial charge in [0, 0.05) is 0 Å². The van der Waals surface area contributed by atoms with Gasteiger partial charge in [-0.25, -0.2) is 4.79 Å². The highest BCUT2D eigenvalue weighted by Crippen LogP contribution is 1.98. The number of rotatable bonds is 8. The third-order valence-electron chi connectivity index (χ3n) is 2.12. The zero-order valence-corrected chi connectivity index (χ0v) is 11.6. The molecule has 0 aliphatic heterocycles. The van der Waals surface area contributed by atoms with Crippen LogP contribution in [0.2, 0.25) is 0 Å². The summed E-state index contributed by atoms with van der Waals surface area (Å²) >= 11 is 0. The number of carboxylic acid groups (broad SMARTS) is 1. The molecule has 0 saturated carbocycles. The summed E-state index contributed by atoms with van der Waals surface area (Å²) in [7, 11) is 0. The van der Waals surface area contributed by atoms with Crippen LogP contribution in [0.15, 0.2) is 72.4 Å². The van der Waals surface area contributed by atoms with Crippen molar-refractivity contribution in [3.63, 3.8) is 0 Å². The molecule has 0 saturated heterocycles. The Bertz CT molecular complexity index is 419. The summed E-state index contributed by atoms with van der Waals surface area (Å²) in [5.74, 6) is -0.913. The van der Waals surface area contributed by atoms with Crippen LogP contribution in [0.4, 0.5) is 0 Å². The van der Waals surface area contributed by atoms with Gasteiger partial charge in [-0.2, -0.15) is 0 Å². The molecule has 0 aromatic carbocycles. The molecule has 2 heteroatoms. The van der Waals surface area contributed by atoms with Crippen molar-refractivity contribution in [1.29, 1.82) is 0 Å². The first-order chi connectivity index (χ1) is 9.22. The quantitative estimate of drug-likeness (QED) is 0.510. The fraction of sp³-hybridized carbons (Fsp3) is 0.235. The number of carbonyl (C=O) groups is 1. The monoisotopic (exact) mass is 258 g/mol. The summed E-state index contributed by atoms with van der Waals surface area (Å²) in [6.07, 6.45) is 22.4. The van der Waals surface area contributed by atoms with Crippen molar-refractivity contribution in [3.05, 3.63) is 72.4 Å².